The van der Waals surface area contributed by atoms with E-state index in [2.05, 4.69) is 17.4 Å². The Hall–Kier alpha value is -2.14. The molecule has 130 valence electrons. The third-order valence-corrected chi connectivity index (χ3v) is 6.02. The molecule has 2 heterocycles. The Labute approximate surface area is 151 Å². The minimum atomic E-state index is 0.0711. The lowest BCUT2D eigenvalue weighted by Crippen LogP contribution is -2.27. The summed E-state index contributed by atoms with van der Waals surface area (Å²) in [5.74, 6) is 0.676. The molecule has 1 aliphatic rings. The van der Waals surface area contributed by atoms with Crippen LogP contribution in [0.25, 0.3) is 10.2 Å². The van der Waals surface area contributed by atoms with Gasteiger partial charge in [0.1, 0.15) is 4.83 Å². The molecule has 3 aromatic rings. The van der Waals surface area contributed by atoms with Crippen LogP contribution in [0, 0.1) is 0 Å². The highest BCUT2D eigenvalue weighted by atomic mass is 32.1. The molecule has 25 heavy (non-hydrogen) atoms. The van der Waals surface area contributed by atoms with Gasteiger partial charge < -0.3 is 5.32 Å². The van der Waals surface area contributed by atoms with Gasteiger partial charge in [-0.3, -0.25) is 9.36 Å². The summed E-state index contributed by atoms with van der Waals surface area (Å²) >= 11 is 1.71. The van der Waals surface area contributed by atoms with Gasteiger partial charge in [-0.2, -0.15) is 0 Å². The highest BCUT2D eigenvalue weighted by Crippen LogP contribution is 2.34. The van der Waals surface area contributed by atoms with Crippen LogP contribution in [0.4, 0.5) is 5.95 Å². The van der Waals surface area contributed by atoms with Gasteiger partial charge in [-0.25, -0.2) is 4.98 Å². The summed E-state index contributed by atoms with van der Waals surface area (Å²) in [5, 5.41) is 4.24. The number of nitrogens with zero attached hydrogens (tertiary/aromatic N) is 2. The molecule has 1 N–H and O–H groups in total. The van der Waals surface area contributed by atoms with E-state index < -0.39 is 0 Å². The zero-order valence-corrected chi connectivity index (χ0v) is 15.5. The van der Waals surface area contributed by atoms with E-state index in [0.29, 0.717) is 12.5 Å². The average Bonchev–Trinajstić information content (AvgIpc) is 2.99. The molecule has 4 nitrogen and oxygen atoms in total. The third-order valence-electron chi connectivity index (χ3n) is 4.83. The van der Waals surface area contributed by atoms with E-state index >= 15 is 0 Å². The number of fused-ring (bicyclic) bond motifs is 3. The van der Waals surface area contributed by atoms with Gasteiger partial charge in [0.2, 0.25) is 5.95 Å². The number of aryl methyl sites for hydroxylation is 2. The Morgan fingerprint density at radius 2 is 1.96 bits per heavy atom. The SMILES string of the molecule is CC(C)n1c(NCc2ccccc2)nc2sc3c(c2c1=O)CCCC3. The molecular formula is C20H23N3OS. The van der Waals surface area contributed by atoms with Crippen LogP contribution in [0.1, 0.15) is 48.7 Å². The van der Waals surface area contributed by atoms with Crippen molar-refractivity contribution in [3.63, 3.8) is 0 Å². The molecule has 0 amide bonds. The van der Waals surface area contributed by atoms with Crippen molar-refractivity contribution in [2.24, 2.45) is 0 Å². The molecular weight excluding hydrogens is 330 g/mol. The summed E-state index contributed by atoms with van der Waals surface area (Å²) in [7, 11) is 0. The minimum absolute atomic E-state index is 0.0711. The Bertz CT molecular complexity index is 956. The van der Waals surface area contributed by atoms with Gasteiger partial charge in [0.05, 0.1) is 5.39 Å². The summed E-state index contributed by atoms with van der Waals surface area (Å²) in [5.41, 5.74) is 2.54. The van der Waals surface area contributed by atoms with Gasteiger partial charge in [0.25, 0.3) is 5.56 Å². The number of anilines is 1. The second-order valence-electron chi connectivity index (χ2n) is 6.93. The fraction of sp³-hybridized carbons (Fsp3) is 0.400. The lowest BCUT2D eigenvalue weighted by molar-refractivity contribution is 0.579. The van der Waals surface area contributed by atoms with Crippen LogP contribution >= 0.6 is 11.3 Å². The van der Waals surface area contributed by atoms with Gasteiger partial charge in [0, 0.05) is 17.5 Å². The van der Waals surface area contributed by atoms with Crippen molar-refractivity contribution in [3.05, 3.63) is 56.7 Å². The van der Waals surface area contributed by atoms with Crippen molar-refractivity contribution in [1.82, 2.24) is 9.55 Å². The molecule has 0 aliphatic heterocycles. The first-order valence-electron chi connectivity index (χ1n) is 8.99. The van der Waals surface area contributed by atoms with E-state index in [-0.39, 0.29) is 11.6 Å². The van der Waals surface area contributed by atoms with Crippen LogP contribution in [0.2, 0.25) is 0 Å². The van der Waals surface area contributed by atoms with Crippen molar-refractivity contribution < 1.29 is 0 Å². The number of rotatable bonds is 4. The maximum Gasteiger partial charge on any atom is 0.264 e. The molecule has 0 saturated carbocycles. The Kier molecular flexibility index (Phi) is 4.34. The van der Waals surface area contributed by atoms with Gasteiger partial charge >= 0.3 is 0 Å². The molecule has 4 rings (SSSR count). The summed E-state index contributed by atoms with van der Waals surface area (Å²) in [4.78, 5) is 20.3. The largest absolute Gasteiger partial charge is 0.351 e. The van der Waals surface area contributed by atoms with Crippen molar-refractivity contribution in [1.29, 1.82) is 0 Å². The average molecular weight is 353 g/mol. The first-order valence-corrected chi connectivity index (χ1v) is 9.81. The molecule has 1 aromatic carbocycles. The van der Waals surface area contributed by atoms with E-state index in [4.69, 9.17) is 4.98 Å². The summed E-state index contributed by atoms with van der Waals surface area (Å²) in [6, 6.07) is 10.3. The molecule has 0 fully saturated rings. The molecule has 0 radical (unpaired) electrons. The number of hydrogen-bond donors (Lipinski definition) is 1. The molecule has 0 saturated heterocycles. The second kappa shape index (κ2) is 6.64. The van der Waals surface area contributed by atoms with Crippen molar-refractivity contribution in [2.75, 3.05) is 5.32 Å². The van der Waals surface area contributed by atoms with Crippen molar-refractivity contribution >= 4 is 27.5 Å². The smallest absolute Gasteiger partial charge is 0.264 e. The summed E-state index contributed by atoms with van der Waals surface area (Å²) < 4.78 is 1.81. The van der Waals surface area contributed by atoms with E-state index in [9.17, 15) is 4.79 Å². The Morgan fingerprint density at radius 1 is 1.20 bits per heavy atom. The predicted molar refractivity (Wildman–Crippen MR) is 105 cm³/mol. The van der Waals surface area contributed by atoms with Crippen LogP contribution < -0.4 is 10.9 Å². The zero-order chi connectivity index (χ0) is 17.4. The lowest BCUT2D eigenvalue weighted by atomic mass is 9.97. The van der Waals surface area contributed by atoms with Gasteiger partial charge in [-0.05, 0) is 50.7 Å². The van der Waals surface area contributed by atoms with E-state index in [1.54, 1.807) is 11.3 Å². The normalized spacial score (nSPS) is 14.0. The maximum absolute atomic E-state index is 13.2. The summed E-state index contributed by atoms with van der Waals surface area (Å²) in [6.07, 6.45) is 4.50. The van der Waals surface area contributed by atoms with E-state index in [0.717, 1.165) is 23.1 Å². The highest BCUT2D eigenvalue weighted by molar-refractivity contribution is 7.18. The van der Waals surface area contributed by atoms with Crippen molar-refractivity contribution in [2.45, 2.75) is 52.1 Å². The monoisotopic (exact) mass is 353 g/mol. The Morgan fingerprint density at radius 3 is 2.72 bits per heavy atom. The quantitative estimate of drug-likeness (QED) is 0.749. The highest BCUT2D eigenvalue weighted by Gasteiger charge is 2.22. The number of benzene rings is 1. The molecule has 0 atom stereocenters. The predicted octanol–water partition coefficient (Wildman–Crippen LogP) is 4.53. The number of hydrogen-bond acceptors (Lipinski definition) is 4. The Balaban J connectivity index is 1.80. The van der Waals surface area contributed by atoms with Crippen LogP contribution in [-0.4, -0.2) is 9.55 Å². The fourth-order valence-electron chi connectivity index (χ4n) is 3.60. The molecule has 0 unspecified atom stereocenters. The molecule has 5 heteroatoms. The van der Waals surface area contributed by atoms with E-state index in [1.807, 2.05) is 36.6 Å². The van der Waals surface area contributed by atoms with Gasteiger partial charge in [-0.1, -0.05) is 30.3 Å². The first-order chi connectivity index (χ1) is 12.1. The van der Waals surface area contributed by atoms with Gasteiger partial charge in [0.15, 0.2) is 0 Å². The first kappa shape index (κ1) is 16.3. The molecule has 2 aromatic heterocycles. The van der Waals surface area contributed by atoms with Crippen LogP contribution in [0.5, 0.6) is 0 Å². The molecule has 0 spiro atoms. The maximum atomic E-state index is 13.2. The number of aromatic nitrogens is 2. The van der Waals surface area contributed by atoms with Crippen molar-refractivity contribution in [3.8, 4) is 0 Å². The fourth-order valence-corrected chi connectivity index (χ4v) is 4.85. The topological polar surface area (TPSA) is 46.9 Å². The van der Waals surface area contributed by atoms with Gasteiger partial charge in [-0.15, -0.1) is 11.3 Å². The second-order valence-corrected chi connectivity index (χ2v) is 8.02. The number of thiophene rings is 1. The zero-order valence-electron chi connectivity index (χ0n) is 14.7. The standard InChI is InChI=1S/C20H23N3OS/c1-13(2)23-19(24)17-15-10-6-7-11-16(15)25-18(17)22-20(23)21-12-14-8-4-3-5-9-14/h3-5,8-9,13H,6-7,10-12H2,1-2H3,(H,21,22). The number of nitrogens with one attached hydrogen (secondary N) is 1. The van der Waals surface area contributed by atoms with Crippen LogP contribution in [-0.2, 0) is 19.4 Å². The summed E-state index contributed by atoms with van der Waals surface area (Å²) in [6.45, 7) is 4.75. The van der Waals surface area contributed by atoms with E-state index in [1.165, 1.54) is 28.8 Å². The third kappa shape index (κ3) is 2.97. The molecule has 1 aliphatic carbocycles. The van der Waals surface area contributed by atoms with Crippen LogP contribution in [0.3, 0.4) is 0 Å². The molecule has 0 bridgehead atoms. The van der Waals surface area contributed by atoms with Crippen LogP contribution in [0.15, 0.2) is 35.1 Å². The lowest BCUT2D eigenvalue weighted by Gasteiger charge is -2.17. The minimum Gasteiger partial charge on any atom is -0.351 e.